The smallest absolute Gasteiger partial charge is 0.308 e. The Hall–Kier alpha value is -0.940. The monoisotopic (exact) mass is 283 g/mol. The van der Waals surface area contributed by atoms with Gasteiger partial charge in [0.2, 0.25) is 0 Å². The van der Waals surface area contributed by atoms with Crippen LogP contribution in [0.4, 0.5) is 0 Å². The van der Waals surface area contributed by atoms with E-state index in [1.54, 1.807) is 6.20 Å². The summed E-state index contributed by atoms with van der Waals surface area (Å²) < 4.78 is 4.80. The molecule has 1 saturated carbocycles. The van der Waals surface area contributed by atoms with Crippen LogP contribution in [0.2, 0.25) is 0 Å². The lowest BCUT2D eigenvalue weighted by atomic mass is 9.72. The number of aliphatic hydroxyl groups is 1. The Bertz CT molecular complexity index is 412. The fourth-order valence-electron chi connectivity index (χ4n) is 3.03. The van der Waals surface area contributed by atoms with Gasteiger partial charge in [-0.3, -0.25) is 4.79 Å². The molecule has 1 aromatic rings. The fourth-order valence-corrected chi connectivity index (χ4v) is 3.91. The van der Waals surface area contributed by atoms with Crippen molar-refractivity contribution in [3.8, 4) is 0 Å². The first kappa shape index (κ1) is 14.5. The largest absolute Gasteiger partial charge is 0.469 e. The van der Waals surface area contributed by atoms with Crippen LogP contribution in [-0.4, -0.2) is 23.2 Å². The fraction of sp³-hybridized carbons (Fsp3) is 0.714. The predicted octanol–water partition coefficient (Wildman–Crippen LogP) is 2.72. The maximum atomic E-state index is 11.5. The van der Waals surface area contributed by atoms with Crippen molar-refractivity contribution in [1.29, 1.82) is 0 Å². The molecule has 19 heavy (non-hydrogen) atoms. The van der Waals surface area contributed by atoms with Crippen molar-refractivity contribution in [2.45, 2.75) is 44.6 Å². The minimum atomic E-state index is -0.838. The number of methoxy groups -OCH3 is 1. The Morgan fingerprint density at radius 3 is 2.68 bits per heavy atom. The summed E-state index contributed by atoms with van der Waals surface area (Å²) in [5.74, 6) is 0.0657. The second kappa shape index (κ2) is 6.01. The number of hydrogen-bond acceptors (Lipinski definition) is 5. The van der Waals surface area contributed by atoms with Gasteiger partial charge >= 0.3 is 5.97 Å². The zero-order valence-electron chi connectivity index (χ0n) is 11.5. The van der Waals surface area contributed by atoms with E-state index in [1.165, 1.54) is 18.4 Å². The van der Waals surface area contributed by atoms with E-state index in [4.69, 9.17) is 4.74 Å². The molecule has 0 bridgehead atoms. The van der Waals surface area contributed by atoms with Crippen LogP contribution in [0.15, 0.2) is 11.6 Å². The standard InChI is InChI=1S/C14H21NO3S/c1-3-14(17,13-15-8-9-19-13)11-6-4-10(5-7-11)12(16)18-2/h8-11,17H,3-7H2,1-2H3/t10-,11-,14?. The highest BCUT2D eigenvalue weighted by Gasteiger charge is 2.41. The number of esters is 1. The van der Waals surface area contributed by atoms with Gasteiger partial charge in [0.25, 0.3) is 0 Å². The molecule has 0 amide bonds. The molecular weight excluding hydrogens is 262 g/mol. The van der Waals surface area contributed by atoms with Crippen molar-refractivity contribution >= 4 is 17.3 Å². The summed E-state index contributed by atoms with van der Waals surface area (Å²) in [4.78, 5) is 15.8. The molecule has 1 N–H and O–H groups in total. The normalized spacial score (nSPS) is 26.7. The van der Waals surface area contributed by atoms with Crippen LogP contribution in [0.3, 0.4) is 0 Å². The van der Waals surface area contributed by atoms with Crippen molar-refractivity contribution in [2.24, 2.45) is 11.8 Å². The van der Waals surface area contributed by atoms with Crippen molar-refractivity contribution in [3.05, 3.63) is 16.6 Å². The average molecular weight is 283 g/mol. The third-order valence-electron chi connectivity index (χ3n) is 4.28. The molecule has 0 aromatic carbocycles. The third-order valence-corrected chi connectivity index (χ3v) is 5.22. The molecule has 1 aliphatic rings. The van der Waals surface area contributed by atoms with Gasteiger partial charge in [-0.15, -0.1) is 11.3 Å². The van der Waals surface area contributed by atoms with E-state index in [2.05, 4.69) is 4.98 Å². The molecule has 5 heteroatoms. The predicted molar refractivity (Wildman–Crippen MR) is 73.8 cm³/mol. The molecule has 0 aliphatic heterocycles. The zero-order chi connectivity index (χ0) is 13.9. The van der Waals surface area contributed by atoms with Gasteiger partial charge in [-0.2, -0.15) is 0 Å². The topological polar surface area (TPSA) is 59.4 Å². The quantitative estimate of drug-likeness (QED) is 0.863. The molecule has 2 rings (SSSR count). The summed E-state index contributed by atoms with van der Waals surface area (Å²) in [5.41, 5.74) is -0.838. The Morgan fingerprint density at radius 2 is 2.21 bits per heavy atom. The molecule has 1 atom stereocenters. The van der Waals surface area contributed by atoms with Gasteiger partial charge in [-0.05, 0) is 38.0 Å². The summed E-state index contributed by atoms with van der Waals surface area (Å²) in [6, 6.07) is 0. The van der Waals surface area contributed by atoms with Gasteiger partial charge in [0.05, 0.1) is 13.0 Å². The number of carbonyl (C=O) groups is 1. The van der Waals surface area contributed by atoms with E-state index in [0.29, 0.717) is 6.42 Å². The Balaban J connectivity index is 2.05. The van der Waals surface area contributed by atoms with Crippen LogP contribution >= 0.6 is 11.3 Å². The zero-order valence-corrected chi connectivity index (χ0v) is 12.3. The Morgan fingerprint density at radius 1 is 1.53 bits per heavy atom. The first-order valence-electron chi connectivity index (χ1n) is 6.82. The SMILES string of the molecule is CCC(O)(c1nccs1)[C@H]1CC[C@H](C(=O)OC)CC1. The molecule has 1 fully saturated rings. The molecule has 106 valence electrons. The maximum absolute atomic E-state index is 11.5. The number of nitrogens with zero attached hydrogens (tertiary/aromatic N) is 1. The average Bonchev–Trinajstić information content (AvgIpc) is 3.00. The van der Waals surface area contributed by atoms with Crippen LogP contribution in [-0.2, 0) is 15.1 Å². The molecule has 1 aromatic heterocycles. The van der Waals surface area contributed by atoms with Crippen molar-refractivity contribution in [1.82, 2.24) is 4.98 Å². The van der Waals surface area contributed by atoms with E-state index < -0.39 is 5.60 Å². The number of thiazole rings is 1. The van der Waals surface area contributed by atoms with Gasteiger partial charge in [0.1, 0.15) is 10.6 Å². The first-order chi connectivity index (χ1) is 9.11. The van der Waals surface area contributed by atoms with Gasteiger partial charge in [-0.1, -0.05) is 6.92 Å². The molecule has 1 aliphatic carbocycles. The Labute approximate surface area is 117 Å². The second-order valence-corrected chi connectivity index (χ2v) is 6.08. The van der Waals surface area contributed by atoms with Gasteiger partial charge in [0.15, 0.2) is 0 Å². The Kier molecular flexibility index (Phi) is 4.58. The van der Waals surface area contributed by atoms with Crippen LogP contribution in [0.1, 0.15) is 44.0 Å². The lowest BCUT2D eigenvalue weighted by molar-refractivity contribution is -0.148. The van der Waals surface area contributed by atoms with E-state index in [1.807, 2.05) is 12.3 Å². The van der Waals surface area contributed by atoms with Crippen molar-refractivity contribution in [3.63, 3.8) is 0 Å². The summed E-state index contributed by atoms with van der Waals surface area (Å²) in [5, 5.41) is 13.6. The van der Waals surface area contributed by atoms with Crippen LogP contribution in [0, 0.1) is 11.8 Å². The van der Waals surface area contributed by atoms with E-state index in [9.17, 15) is 9.90 Å². The van der Waals surface area contributed by atoms with E-state index in [0.717, 1.165) is 30.7 Å². The summed E-state index contributed by atoms with van der Waals surface area (Å²) in [6.07, 6.45) is 5.69. The highest BCUT2D eigenvalue weighted by molar-refractivity contribution is 7.09. The van der Waals surface area contributed by atoms with Crippen LogP contribution < -0.4 is 0 Å². The maximum Gasteiger partial charge on any atom is 0.308 e. The number of rotatable bonds is 4. The van der Waals surface area contributed by atoms with Gasteiger partial charge in [-0.25, -0.2) is 4.98 Å². The van der Waals surface area contributed by atoms with Gasteiger partial charge in [0, 0.05) is 11.6 Å². The van der Waals surface area contributed by atoms with E-state index in [-0.39, 0.29) is 17.8 Å². The summed E-state index contributed by atoms with van der Waals surface area (Å²) >= 11 is 1.51. The minimum absolute atomic E-state index is 0.00125. The summed E-state index contributed by atoms with van der Waals surface area (Å²) in [7, 11) is 1.44. The lowest BCUT2D eigenvalue weighted by Gasteiger charge is -2.38. The number of ether oxygens (including phenoxy) is 1. The third kappa shape index (κ3) is 2.82. The van der Waals surface area contributed by atoms with E-state index >= 15 is 0 Å². The minimum Gasteiger partial charge on any atom is -0.469 e. The highest BCUT2D eigenvalue weighted by atomic mass is 32.1. The van der Waals surface area contributed by atoms with Crippen LogP contribution in [0.5, 0.6) is 0 Å². The molecule has 1 unspecified atom stereocenters. The van der Waals surface area contributed by atoms with Crippen molar-refractivity contribution in [2.75, 3.05) is 7.11 Å². The molecular formula is C14H21NO3S. The van der Waals surface area contributed by atoms with Gasteiger partial charge < -0.3 is 9.84 Å². The lowest BCUT2D eigenvalue weighted by Crippen LogP contribution is -2.38. The first-order valence-corrected chi connectivity index (χ1v) is 7.70. The molecule has 0 radical (unpaired) electrons. The molecule has 0 spiro atoms. The molecule has 1 heterocycles. The van der Waals surface area contributed by atoms with Crippen LogP contribution in [0.25, 0.3) is 0 Å². The second-order valence-electron chi connectivity index (χ2n) is 5.19. The number of hydrogen-bond donors (Lipinski definition) is 1. The van der Waals surface area contributed by atoms with Crippen molar-refractivity contribution < 1.29 is 14.6 Å². The molecule has 4 nitrogen and oxygen atoms in total. The number of carbonyl (C=O) groups excluding carboxylic acids is 1. The number of aromatic nitrogens is 1. The summed E-state index contributed by atoms with van der Waals surface area (Å²) in [6.45, 7) is 1.99. The molecule has 0 saturated heterocycles. The highest BCUT2D eigenvalue weighted by Crippen LogP contribution is 2.43.